The third-order valence-electron chi connectivity index (χ3n) is 5.09. The Bertz CT molecular complexity index is 934. The molecule has 1 aliphatic rings. The average molecular weight is 366 g/mol. The molecular formula is C21H23N3OS. The van der Waals surface area contributed by atoms with Crippen LogP contribution in [0.2, 0.25) is 0 Å². The quantitative estimate of drug-likeness (QED) is 0.724. The van der Waals surface area contributed by atoms with Crippen molar-refractivity contribution in [2.75, 3.05) is 6.54 Å². The molecule has 2 N–H and O–H groups in total. The van der Waals surface area contributed by atoms with Gasteiger partial charge >= 0.3 is 0 Å². The van der Waals surface area contributed by atoms with E-state index in [-0.39, 0.29) is 11.9 Å². The minimum atomic E-state index is 0.145. The van der Waals surface area contributed by atoms with Crippen LogP contribution in [0.3, 0.4) is 0 Å². The zero-order valence-electron chi connectivity index (χ0n) is 14.9. The summed E-state index contributed by atoms with van der Waals surface area (Å²) in [5.74, 6) is 0.145. The SMILES string of the molecule is CC(NCCc1ccc2ncsc2c1)c1ccc2c(c1)CNC(=O)CC2. The number of nitrogens with zero attached hydrogens (tertiary/aromatic N) is 1. The largest absolute Gasteiger partial charge is 0.352 e. The van der Waals surface area contributed by atoms with Crippen LogP contribution in [0.5, 0.6) is 0 Å². The molecule has 0 saturated heterocycles. The van der Waals surface area contributed by atoms with Crippen LogP contribution in [-0.4, -0.2) is 17.4 Å². The Kier molecular flexibility index (Phi) is 5.00. The van der Waals surface area contributed by atoms with Gasteiger partial charge in [-0.25, -0.2) is 4.98 Å². The van der Waals surface area contributed by atoms with Gasteiger partial charge in [-0.05, 0) is 60.7 Å². The number of carbonyl (C=O) groups excluding carboxylic acids is 1. The molecule has 0 saturated carbocycles. The van der Waals surface area contributed by atoms with Crippen molar-refractivity contribution >= 4 is 27.5 Å². The molecule has 1 aromatic heterocycles. The van der Waals surface area contributed by atoms with Gasteiger partial charge in [0.15, 0.2) is 0 Å². The summed E-state index contributed by atoms with van der Waals surface area (Å²) in [5, 5.41) is 6.60. The number of nitrogens with one attached hydrogen (secondary N) is 2. The highest BCUT2D eigenvalue weighted by molar-refractivity contribution is 7.16. The molecule has 1 aliphatic heterocycles. The number of aromatic nitrogens is 1. The van der Waals surface area contributed by atoms with Crippen molar-refractivity contribution in [3.63, 3.8) is 0 Å². The van der Waals surface area contributed by atoms with Crippen LogP contribution in [0.25, 0.3) is 10.2 Å². The first-order valence-corrected chi connectivity index (χ1v) is 10.0. The number of fused-ring (bicyclic) bond motifs is 2. The predicted octanol–water partition coefficient (Wildman–Crippen LogP) is 3.75. The van der Waals surface area contributed by atoms with Crippen LogP contribution in [0.15, 0.2) is 41.9 Å². The lowest BCUT2D eigenvalue weighted by Gasteiger charge is -2.17. The molecule has 26 heavy (non-hydrogen) atoms. The lowest BCUT2D eigenvalue weighted by Crippen LogP contribution is -2.22. The number of amides is 1. The zero-order valence-corrected chi connectivity index (χ0v) is 15.7. The number of hydrogen-bond acceptors (Lipinski definition) is 4. The summed E-state index contributed by atoms with van der Waals surface area (Å²) in [4.78, 5) is 15.9. The fraction of sp³-hybridized carbons (Fsp3) is 0.333. The molecule has 0 radical (unpaired) electrons. The predicted molar refractivity (Wildman–Crippen MR) is 106 cm³/mol. The second kappa shape index (κ2) is 7.56. The van der Waals surface area contributed by atoms with Crippen molar-refractivity contribution < 1.29 is 4.79 Å². The van der Waals surface area contributed by atoms with Crippen molar-refractivity contribution in [2.24, 2.45) is 0 Å². The van der Waals surface area contributed by atoms with Gasteiger partial charge in [-0.2, -0.15) is 0 Å². The number of rotatable bonds is 5. The third-order valence-corrected chi connectivity index (χ3v) is 5.88. The first kappa shape index (κ1) is 17.2. The molecule has 1 atom stereocenters. The first-order valence-electron chi connectivity index (χ1n) is 9.13. The van der Waals surface area contributed by atoms with E-state index in [0.717, 1.165) is 24.9 Å². The number of thiazole rings is 1. The highest BCUT2D eigenvalue weighted by atomic mass is 32.1. The van der Waals surface area contributed by atoms with Crippen molar-refractivity contribution in [3.8, 4) is 0 Å². The van der Waals surface area contributed by atoms with E-state index in [4.69, 9.17) is 0 Å². The average Bonchev–Trinajstić information content (AvgIpc) is 3.04. The maximum atomic E-state index is 11.6. The Balaban J connectivity index is 1.37. The summed E-state index contributed by atoms with van der Waals surface area (Å²) < 4.78 is 1.25. The maximum Gasteiger partial charge on any atom is 0.220 e. The molecule has 3 aromatic rings. The van der Waals surface area contributed by atoms with Crippen LogP contribution in [0.1, 0.15) is 41.6 Å². The number of hydrogen-bond donors (Lipinski definition) is 2. The van der Waals surface area contributed by atoms with E-state index in [1.54, 1.807) is 11.3 Å². The minimum absolute atomic E-state index is 0.145. The Morgan fingerprint density at radius 2 is 2.12 bits per heavy atom. The topological polar surface area (TPSA) is 54.0 Å². The number of benzene rings is 2. The smallest absolute Gasteiger partial charge is 0.220 e. The molecule has 4 nitrogen and oxygen atoms in total. The standard InChI is InChI=1S/C21H23N3OS/c1-14(17-4-3-16-5-7-21(25)23-12-18(16)11-17)22-9-8-15-2-6-19-20(10-15)26-13-24-19/h2-4,6,10-11,13-14,22H,5,7-9,12H2,1H3,(H,23,25). The monoisotopic (exact) mass is 365 g/mol. The van der Waals surface area contributed by atoms with E-state index < -0.39 is 0 Å². The van der Waals surface area contributed by atoms with E-state index in [9.17, 15) is 4.79 Å². The number of carbonyl (C=O) groups is 1. The molecule has 4 rings (SSSR count). The van der Waals surface area contributed by atoms with Gasteiger partial charge in [0, 0.05) is 19.0 Å². The van der Waals surface area contributed by atoms with Gasteiger partial charge in [0.2, 0.25) is 5.91 Å². The van der Waals surface area contributed by atoms with Crippen LogP contribution >= 0.6 is 11.3 Å². The third kappa shape index (κ3) is 3.79. The highest BCUT2D eigenvalue weighted by Crippen LogP contribution is 2.22. The molecule has 134 valence electrons. The molecule has 0 aliphatic carbocycles. The van der Waals surface area contributed by atoms with Gasteiger partial charge in [-0.15, -0.1) is 11.3 Å². The Morgan fingerprint density at radius 3 is 3.04 bits per heavy atom. The van der Waals surface area contributed by atoms with Gasteiger partial charge in [0.25, 0.3) is 0 Å². The summed E-state index contributed by atoms with van der Waals surface area (Å²) in [7, 11) is 0. The highest BCUT2D eigenvalue weighted by Gasteiger charge is 2.14. The molecule has 2 aromatic carbocycles. The summed E-state index contributed by atoms with van der Waals surface area (Å²) in [6, 6.07) is 13.4. The van der Waals surface area contributed by atoms with Crippen LogP contribution < -0.4 is 10.6 Å². The molecule has 1 unspecified atom stereocenters. The van der Waals surface area contributed by atoms with Gasteiger partial charge in [0.1, 0.15) is 0 Å². The Labute approximate surface area is 157 Å². The number of aryl methyl sites for hydroxylation is 1. The molecule has 5 heteroatoms. The van der Waals surface area contributed by atoms with E-state index in [0.29, 0.717) is 13.0 Å². The van der Waals surface area contributed by atoms with E-state index in [2.05, 4.69) is 58.9 Å². The van der Waals surface area contributed by atoms with E-state index in [1.165, 1.54) is 27.0 Å². The Hall–Kier alpha value is -2.24. The lowest BCUT2D eigenvalue weighted by molar-refractivity contribution is -0.121. The Morgan fingerprint density at radius 1 is 1.19 bits per heavy atom. The van der Waals surface area contributed by atoms with Crippen molar-refractivity contribution in [1.82, 2.24) is 15.6 Å². The van der Waals surface area contributed by atoms with E-state index >= 15 is 0 Å². The van der Waals surface area contributed by atoms with Gasteiger partial charge in [0.05, 0.1) is 15.7 Å². The van der Waals surface area contributed by atoms with Gasteiger partial charge < -0.3 is 10.6 Å². The minimum Gasteiger partial charge on any atom is -0.352 e. The molecular weight excluding hydrogens is 342 g/mol. The molecule has 0 bridgehead atoms. The van der Waals surface area contributed by atoms with Crippen LogP contribution in [0.4, 0.5) is 0 Å². The summed E-state index contributed by atoms with van der Waals surface area (Å²) >= 11 is 1.69. The normalized spacial score (nSPS) is 15.3. The van der Waals surface area contributed by atoms with Crippen molar-refractivity contribution in [3.05, 3.63) is 64.2 Å². The molecule has 0 fully saturated rings. The molecule has 1 amide bonds. The maximum absolute atomic E-state index is 11.6. The molecule has 2 heterocycles. The van der Waals surface area contributed by atoms with Crippen LogP contribution in [-0.2, 0) is 24.2 Å². The summed E-state index contributed by atoms with van der Waals surface area (Å²) in [5.41, 5.74) is 8.13. The summed E-state index contributed by atoms with van der Waals surface area (Å²) in [6.45, 7) is 3.77. The van der Waals surface area contributed by atoms with Crippen LogP contribution in [0, 0.1) is 0 Å². The summed E-state index contributed by atoms with van der Waals surface area (Å²) in [6.07, 6.45) is 2.42. The fourth-order valence-corrected chi connectivity index (χ4v) is 4.20. The molecule has 0 spiro atoms. The first-order chi connectivity index (χ1) is 12.7. The lowest BCUT2D eigenvalue weighted by atomic mass is 9.98. The van der Waals surface area contributed by atoms with Crippen molar-refractivity contribution in [2.45, 2.75) is 38.8 Å². The fourth-order valence-electron chi connectivity index (χ4n) is 3.46. The van der Waals surface area contributed by atoms with E-state index in [1.807, 2.05) is 5.51 Å². The second-order valence-corrected chi connectivity index (χ2v) is 7.77. The van der Waals surface area contributed by atoms with Gasteiger partial charge in [-0.1, -0.05) is 24.3 Å². The van der Waals surface area contributed by atoms with Crippen molar-refractivity contribution in [1.29, 1.82) is 0 Å². The zero-order chi connectivity index (χ0) is 17.9. The second-order valence-electron chi connectivity index (χ2n) is 6.89. The van der Waals surface area contributed by atoms with Gasteiger partial charge in [-0.3, -0.25) is 4.79 Å².